The fraction of sp³-hybridized carbons (Fsp3) is 1.00. The maximum absolute atomic E-state index is 7.05. The number of hydrogen-bond donors (Lipinski definition) is 0. The molecule has 3 saturated heterocycles. The van der Waals surface area contributed by atoms with Gasteiger partial charge in [0.05, 0.1) is 0 Å². The largest absolute Gasteiger partial charge is 0.640 e. The highest BCUT2D eigenvalue weighted by Gasteiger charge is 2.52. The van der Waals surface area contributed by atoms with Crippen LogP contribution in [0.2, 0.25) is 171 Å². The Morgan fingerprint density at radius 1 is 0.451 bits per heavy atom. The Balaban J connectivity index is 1.65. The molecule has 3 aliphatic rings. The van der Waals surface area contributed by atoms with Crippen LogP contribution in [-0.4, -0.2) is 202 Å². The molecule has 38 heteroatoms. The predicted molar refractivity (Wildman–Crippen MR) is 337 cm³/mol. The van der Waals surface area contributed by atoms with E-state index in [1.165, 1.54) is 5.67 Å². The molecule has 3 fully saturated rings. The van der Waals surface area contributed by atoms with E-state index in [0.717, 1.165) is 54.4 Å². The zero-order valence-corrected chi connectivity index (χ0v) is 71.3. The molecular weight excluding hydrogens is 1250 g/mol. The molecular formula is C33H102O18Si20. The van der Waals surface area contributed by atoms with Crippen LogP contribution in [0.5, 0.6) is 0 Å². The maximum Gasteiger partial charge on any atom is 0.640 e. The van der Waals surface area contributed by atoms with Gasteiger partial charge in [-0.25, -0.2) is 0 Å². The van der Waals surface area contributed by atoms with Gasteiger partial charge in [0, 0.05) is 18.3 Å². The molecule has 0 spiro atoms. The van der Waals surface area contributed by atoms with Crippen LogP contribution in [-0.2, 0) is 75.0 Å². The first-order chi connectivity index (χ1) is 32.9. The Bertz CT molecular complexity index is 1390. The standard InChI is InChI=1S/C33H102O18Si20/c1-31-27-59(7)46-65(47-61(9)34-31)23-25-67(13,14)41-54-38-56-43-71(39-52-4,42-55-37-53-40-66(11,12)24-21-63-30-60(8)44-57(5)28-32(2)35-63)51-70(19,20)50-69(17,18)49-68(15,16)26-22-64-36-33(3)29-58(6)45-62(10)48-64/h31-33,57-65H,21-30,52-56H2,1-20H3. The van der Waals surface area contributed by atoms with Crippen LogP contribution >= 0.6 is 0 Å². The van der Waals surface area contributed by atoms with E-state index in [2.05, 4.69) is 119 Å². The average Bonchev–Trinajstić information content (AvgIpc) is 3.18. The van der Waals surface area contributed by atoms with Crippen molar-refractivity contribution >= 4 is 183 Å². The third kappa shape index (κ3) is 30.3. The Kier molecular flexibility index (Phi) is 31.9. The van der Waals surface area contributed by atoms with E-state index in [1.54, 1.807) is 0 Å². The van der Waals surface area contributed by atoms with Crippen LogP contribution in [0.25, 0.3) is 0 Å². The first kappa shape index (κ1) is 68.9. The third-order valence-electron chi connectivity index (χ3n) is 12.2. The van der Waals surface area contributed by atoms with Crippen molar-refractivity contribution in [1.29, 1.82) is 0 Å². The van der Waals surface area contributed by atoms with Crippen molar-refractivity contribution in [2.75, 3.05) is 0 Å². The molecule has 0 radical (unpaired) electrons. The lowest BCUT2D eigenvalue weighted by molar-refractivity contribution is 0.134. The van der Waals surface area contributed by atoms with E-state index in [-0.39, 0.29) is 12.2 Å². The van der Waals surface area contributed by atoms with Gasteiger partial charge in [-0.05, 0) is 186 Å². The molecule has 18 nitrogen and oxygen atoms in total. The Labute approximate surface area is 464 Å². The zero-order chi connectivity index (χ0) is 53.3. The van der Waals surface area contributed by atoms with Crippen LogP contribution in [0.3, 0.4) is 0 Å². The summed E-state index contributed by atoms with van der Waals surface area (Å²) < 4.78 is 119. The van der Waals surface area contributed by atoms with Gasteiger partial charge in [0.2, 0.25) is 0 Å². The van der Waals surface area contributed by atoms with E-state index in [0.29, 0.717) is 6.10 Å². The monoisotopic (exact) mass is 1350 g/mol. The summed E-state index contributed by atoms with van der Waals surface area (Å²) in [7, 11) is -35.9. The molecule has 0 N–H and O–H groups in total. The minimum Gasteiger partial charge on any atom is -0.460 e. The number of hydrogen-bond acceptors (Lipinski definition) is 18. The summed E-state index contributed by atoms with van der Waals surface area (Å²) in [5.41, 5.74) is 1.21. The molecule has 3 rings (SSSR count). The highest BCUT2D eigenvalue weighted by atomic mass is 28.5. The van der Waals surface area contributed by atoms with Crippen LogP contribution < -0.4 is 0 Å². The molecule has 3 heterocycles. The fourth-order valence-corrected chi connectivity index (χ4v) is 80.1. The molecule has 422 valence electrons. The van der Waals surface area contributed by atoms with Crippen molar-refractivity contribution < 1.29 is 75.0 Å². The van der Waals surface area contributed by atoms with Gasteiger partial charge >= 0.3 is 54.0 Å². The second-order valence-corrected chi connectivity index (χ2v) is 77.4. The Hall–Kier alpha value is 3.62. The van der Waals surface area contributed by atoms with Gasteiger partial charge in [0.25, 0.3) is 49.3 Å². The topological polar surface area (TPSA) is 166 Å². The molecule has 0 aromatic heterocycles. The second-order valence-electron chi connectivity index (χ2n) is 22.7. The van der Waals surface area contributed by atoms with Crippen molar-refractivity contribution in [3.63, 3.8) is 0 Å². The van der Waals surface area contributed by atoms with Gasteiger partial charge in [-0.3, -0.25) is 0 Å². The Morgan fingerprint density at radius 2 is 0.915 bits per heavy atom. The SMILES string of the molecule is C[SiH2]O[Si](O[SiH2]O[SiH2]O[Si](C)(C)CC[SiH]1C[SiH](C)O[SiH](C)CC(C)O1)(O[SiH2]O[SiH2]O[Si](C)(C)CC[SiH]1O[SiH](C)CC(C)O[SiH](C)O1)O[Si](C)(C)O[Si](C)(C)O[Si](C)(C)CC[SiH]1OC(C)C[SiH](C)O[SiH](C)O1. The Morgan fingerprint density at radius 3 is 1.51 bits per heavy atom. The maximum atomic E-state index is 7.05. The smallest absolute Gasteiger partial charge is 0.460 e. The molecule has 0 saturated carbocycles. The predicted octanol–water partition coefficient (Wildman–Crippen LogP) is 1.89. The van der Waals surface area contributed by atoms with Gasteiger partial charge in [-0.1, -0.05) is 6.55 Å². The first-order valence-corrected chi connectivity index (χ1v) is 69.4. The minimum absolute atomic E-state index is 0.182. The van der Waals surface area contributed by atoms with Crippen molar-refractivity contribution in [2.45, 2.75) is 210 Å². The first-order valence-electron chi connectivity index (χ1n) is 26.6. The summed E-state index contributed by atoms with van der Waals surface area (Å²) >= 11 is 0. The molecule has 0 aromatic rings. The zero-order valence-electron chi connectivity index (χ0n) is 47.9. The summed E-state index contributed by atoms with van der Waals surface area (Å²) in [6.45, 7) is 44.1. The van der Waals surface area contributed by atoms with E-state index in [4.69, 9.17) is 75.0 Å². The highest BCUT2D eigenvalue weighted by molar-refractivity contribution is 6.89. The fourth-order valence-electron chi connectivity index (χ4n) is 9.45. The van der Waals surface area contributed by atoms with Gasteiger partial charge in [-0.2, -0.15) is 0 Å². The lowest BCUT2D eigenvalue weighted by Crippen LogP contribution is -2.62. The van der Waals surface area contributed by atoms with Gasteiger partial charge in [0.1, 0.15) is 0 Å². The average molecular weight is 1350 g/mol. The third-order valence-corrected chi connectivity index (χ3v) is 75.0. The van der Waals surface area contributed by atoms with Crippen molar-refractivity contribution in [3.8, 4) is 0 Å². The molecule has 0 bridgehead atoms. The van der Waals surface area contributed by atoms with Gasteiger partial charge < -0.3 is 75.0 Å². The molecule has 13 atom stereocenters. The van der Waals surface area contributed by atoms with Crippen LogP contribution in [0, 0.1) is 0 Å². The van der Waals surface area contributed by atoms with Crippen molar-refractivity contribution in [3.05, 3.63) is 0 Å². The molecule has 71 heavy (non-hydrogen) atoms. The lowest BCUT2D eigenvalue weighted by atomic mass is 10.5. The van der Waals surface area contributed by atoms with Crippen LogP contribution in [0.1, 0.15) is 20.8 Å². The molecule has 13 unspecified atom stereocenters. The summed E-state index contributed by atoms with van der Waals surface area (Å²) in [6, 6.07) is 9.13. The van der Waals surface area contributed by atoms with Crippen molar-refractivity contribution in [2.24, 2.45) is 0 Å². The molecule has 0 aromatic carbocycles. The second kappa shape index (κ2) is 32.9. The van der Waals surface area contributed by atoms with E-state index >= 15 is 0 Å². The molecule has 3 aliphatic heterocycles. The van der Waals surface area contributed by atoms with E-state index < -0.39 is 183 Å². The van der Waals surface area contributed by atoms with Gasteiger partial charge in [0.15, 0.2) is 79.9 Å². The summed E-state index contributed by atoms with van der Waals surface area (Å²) in [5.74, 6) is 0. The summed E-state index contributed by atoms with van der Waals surface area (Å²) in [6.07, 6.45) is 0.730. The van der Waals surface area contributed by atoms with E-state index in [9.17, 15) is 0 Å². The van der Waals surface area contributed by atoms with Crippen LogP contribution in [0.4, 0.5) is 0 Å². The minimum atomic E-state index is -3.75. The highest BCUT2D eigenvalue weighted by Crippen LogP contribution is 2.30. The lowest BCUT2D eigenvalue weighted by Gasteiger charge is -2.41. The number of rotatable bonds is 29. The molecule has 0 amide bonds. The van der Waals surface area contributed by atoms with Gasteiger partial charge in [-0.15, -0.1) is 0 Å². The van der Waals surface area contributed by atoms with Crippen LogP contribution in [0.15, 0.2) is 0 Å². The van der Waals surface area contributed by atoms with Crippen molar-refractivity contribution in [1.82, 2.24) is 0 Å². The quantitative estimate of drug-likeness (QED) is 0.0787. The van der Waals surface area contributed by atoms with E-state index in [1.807, 2.05) is 13.1 Å². The molecule has 0 aliphatic carbocycles. The summed E-state index contributed by atoms with van der Waals surface area (Å²) in [5, 5.41) is 0. The normalized spacial score (nSPS) is 32.3. The summed E-state index contributed by atoms with van der Waals surface area (Å²) in [4.78, 5) is 0.